The van der Waals surface area contributed by atoms with Crippen LogP contribution in [-0.2, 0) is 11.3 Å². The van der Waals surface area contributed by atoms with Gasteiger partial charge in [0.1, 0.15) is 11.8 Å². The van der Waals surface area contributed by atoms with Crippen LogP contribution in [0.5, 0.6) is 0 Å². The zero-order valence-electron chi connectivity index (χ0n) is 23.4. The zero-order valence-corrected chi connectivity index (χ0v) is 23.4. The number of quaternary nitrogens is 1. The van der Waals surface area contributed by atoms with E-state index in [0.717, 1.165) is 63.9 Å². The molecule has 0 amide bonds. The molecule has 1 aliphatic carbocycles. The Morgan fingerprint density at radius 1 is 1.14 bits per heavy atom. The van der Waals surface area contributed by atoms with Crippen molar-refractivity contribution in [3.05, 3.63) is 65.2 Å². The van der Waals surface area contributed by atoms with Crippen molar-refractivity contribution in [1.29, 1.82) is 0 Å². The highest BCUT2D eigenvalue weighted by Gasteiger charge is 2.36. The fraction of sp³-hybridized carbons (Fsp3) is 0.484. The van der Waals surface area contributed by atoms with E-state index in [-0.39, 0.29) is 6.04 Å². The zero-order chi connectivity index (χ0) is 26.3. The smallest absolute Gasteiger partial charge is 0.208 e. The van der Waals surface area contributed by atoms with Gasteiger partial charge < -0.3 is 19.1 Å². The number of fused-ring (bicyclic) bond motifs is 1. The predicted molar refractivity (Wildman–Crippen MR) is 153 cm³/mol. The molecule has 3 heterocycles. The van der Waals surface area contributed by atoms with Crippen molar-refractivity contribution >= 4 is 28.3 Å². The number of ether oxygens (including phenoxy) is 1. The van der Waals surface area contributed by atoms with Crippen molar-refractivity contribution in [3.8, 4) is 0 Å². The highest BCUT2D eigenvalue weighted by Crippen LogP contribution is 2.36. The molecule has 1 unspecified atom stereocenters. The molecule has 5 rings (SSSR count). The summed E-state index contributed by atoms with van der Waals surface area (Å²) in [5.41, 5.74) is 8.48. The number of methoxy groups -OCH3 is 1. The molecule has 2 aromatic heterocycles. The molecule has 6 heteroatoms. The fourth-order valence-electron chi connectivity index (χ4n) is 6.02. The van der Waals surface area contributed by atoms with Crippen molar-refractivity contribution in [3.63, 3.8) is 0 Å². The number of hydrogen-bond donors (Lipinski definition) is 1. The predicted octanol–water partition coefficient (Wildman–Crippen LogP) is 6.55. The van der Waals surface area contributed by atoms with Gasteiger partial charge in [-0.1, -0.05) is 25.5 Å². The summed E-state index contributed by atoms with van der Waals surface area (Å²) in [6.07, 6.45) is 6.17. The number of anilines is 1. The second-order valence-corrected chi connectivity index (χ2v) is 11.6. The second-order valence-electron chi connectivity index (χ2n) is 11.6. The average Bonchev–Trinajstić information content (AvgIpc) is 3.49. The molecule has 6 nitrogen and oxygen atoms in total. The van der Waals surface area contributed by atoms with Crippen LogP contribution in [0.4, 0.5) is 5.95 Å². The summed E-state index contributed by atoms with van der Waals surface area (Å²) >= 11 is 0. The van der Waals surface area contributed by atoms with Gasteiger partial charge in [-0.2, -0.15) is 0 Å². The van der Waals surface area contributed by atoms with Crippen molar-refractivity contribution in [1.82, 2.24) is 14.5 Å². The van der Waals surface area contributed by atoms with Crippen LogP contribution in [0.3, 0.4) is 0 Å². The van der Waals surface area contributed by atoms with Gasteiger partial charge in [0.25, 0.3) is 0 Å². The Bertz CT molecular complexity index is 1360. The van der Waals surface area contributed by atoms with Crippen LogP contribution < -0.4 is 5.32 Å². The quantitative estimate of drug-likeness (QED) is 0.374. The molecule has 1 saturated carbocycles. The Labute approximate surface area is 221 Å². The Morgan fingerprint density at radius 3 is 2.62 bits per heavy atom. The summed E-state index contributed by atoms with van der Waals surface area (Å²) in [6.45, 7) is 13.0. The monoisotopic (exact) mass is 500 g/mol. The number of imidazole rings is 1. The molecule has 0 radical (unpaired) electrons. The third kappa shape index (κ3) is 5.04. The minimum Gasteiger partial charge on any atom is -0.500 e. The topological polar surface area (TPSA) is 52.0 Å². The molecule has 1 fully saturated rings. The van der Waals surface area contributed by atoms with Gasteiger partial charge in [-0.05, 0) is 69.4 Å². The first-order valence-electron chi connectivity index (χ1n) is 13.7. The normalized spacial score (nSPS) is 20.0. The van der Waals surface area contributed by atoms with Crippen LogP contribution in [0.1, 0.15) is 61.5 Å². The summed E-state index contributed by atoms with van der Waals surface area (Å²) < 4.78 is 9.14. The first kappa shape index (κ1) is 25.5. The molecule has 37 heavy (non-hydrogen) atoms. The number of aryl methyl sites for hydroxylation is 2. The molecule has 0 saturated heterocycles. The van der Waals surface area contributed by atoms with E-state index in [4.69, 9.17) is 14.7 Å². The van der Waals surface area contributed by atoms with E-state index in [9.17, 15) is 0 Å². The number of nitrogens with zero attached hydrogens (tertiary/aromatic N) is 4. The van der Waals surface area contributed by atoms with Crippen molar-refractivity contribution in [2.75, 3.05) is 33.1 Å². The molecular weight excluding hydrogens is 458 g/mol. The van der Waals surface area contributed by atoms with E-state index >= 15 is 0 Å². The van der Waals surface area contributed by atoms with Gasteiger partial charge >= 0.3 is 0 Å². The van der Waals surface area contributed by atoms with Gasteiger partial charge in [-0.3, -0.25) is 4.98 Å². The highest BCUT2D eigenvalue weighted by molar-refractivity contribution is 5.83. The Hall–Kier alpha value is -3.12. The van der Waals surface area contributed by atoms with E-state index < -0.39 is 0 Å². The van der Waals surface area contributed by atoms with E-state index in [1.54, 1.807) is 7.11 Å². The summed E-state index contributed by atoms with van der Waals surface area (Å²) in [4.78, 5) is 9.95. The third-order valence-electron chi connectivity index (χ3n) is 8.59. The Kier molecular flexibility index (Phi) is 6.88. The maximum Gasteiger partial charge on any atom is 0.208 e. The van der Waals surface area contributed by atoms with Crippen molar-refractivity contribution in [2.24, 2.45) is 5.92 Å². The molecule has 1 N–H and O–H groups in total. The van der Waals surface area contributed by atoms with Gasteiger partial charge in [-0.25, -0.2) is 4.98 Å². The number of rotatable bonds is 7. The van der Waals surface area contributed by atoms with Crippen molar-refractivity contribution < 1.29 is 9.22 Å². The SMILES string of the molecule is C=C(Nc1nc2ccc(C)cc2n1CC1CCCC1)c1cc(C)nc(C2=C(OC)CC[N+](C)(C)C2C)c1. The van der Waals surface area contributed by atoms with Gasteiger partial charge in [0, 0.05) is 23.5 Å². The van der Waals surface area contributed by atoms with Gasteiger partial charge in [0.05, 0.1) is 56.5 Å². The molecule has 0 bridgehead atoms. The largest absolute Gasteiger partial charge is 0.500 e. The standard InChI is InChI=1S/C31H42N5O/c1-20-12-13-26-28(16-20)35(19-24-10-8-9-11-24)31(34-26)33-22(3)25-17-21(2)32-27(18-25)30-23(4)36(5,6)15-14-29(30)37-7/h12-13,16-18,23-24H,3,8-11,14-15,19H2,1-2,4-7H3,(H,33,34)/q+1. The molecule has 1 aromatic carbocycles. The van der Waals surface area contributed by atoms with Crippen LogP contribution >= 0.6 is 0 Å². The van der Waals surface area contributed by atoms with Gasteiger partial charge in [0.2, 0.25) is 5.95 Å². The molecular formula is C31H42N5O+. The number of nitrogens with one attached hydrogen (secondary N) is 1. The molecule has 1 atom stereocenters. The van der Waals surface area contributed by atoms with Crippen LogP contribution in [0, 0.1) is 19.8 Å². The summed E-state index contributed by atoms with van der Waals surface area (Å²) in [5.74, 6) is 2.62. The average molecular weight is 501 g/mol. The highest BCUT2D eigenvalue weighted by atomic mass is 16.5. The summed E-state index contributed by atoms with van der Waals surface area (Å²) in [7, 11) is 6.34. The lowest BCUT2D eigenvalue weighted by atomic mass is 9.93. The third-order valence-corrected chi connectivity index (χ3v) is 8.59. The number of benzene rings is 1. The Balaban J connectivity index is 1.50. The van der Waals surface area contributed by atoms with Crippen LogP contribution in [0.2, 0.25) is 0 Å². The lowest BCUT2D eigenvalue weighted by molar-refractivity contribution is -0.906. The first-order chi connectivity index (χ1) is 17.7. The molecule has 0 spiro atoms. The second kappa shape index (κ2) is 9.97. The molecule has 3 aromatic rings. The maximum absolute atomic E-state index is 5.86. The first-order valence-corrected chi connectivity index (χ1v) is 13.7. The number of hydrogen-bond acceptors (Lipinski definition) is 4. The summed E-state index contributed by atoms with van der Waals surface area (Å²) in [5, 5.41) is 3.60. The van der Waals surface area contributed by atoms with Crippen LogP contribution in [-0.4, -0.2) is 52.8 Å². The number of pyridine rings is 1. The minimum absolute atomic E-state index is 0.283. The fourth-order valence-corrected chi connectivity index (χ4v) is 6.02. The lowest BCUT2D eigenvalue weighted by Gasteiger charge is -2.41. The summed E-state index contributed by atoms with van der Waals surface area (Å²) in [6, 6.07) is 11.1. The van der Waals surface area contributed by atoms with E-state index in [0.29, 0.717) is 5.92 Å². The van der Waals surface area contributed by atoms with Crippen LogP contribution in [0.25, 0.3) is 22.3 Å². The number of likely N-dealkylation sites (N-methyl/N-ethyl adjacent to an activating group) is 1. The number of aromatic nitrogens is 3. The van der Waals surface area contributed by atoms with Gasteiger partial charge in [-0.15, -0.1) is 0 Å². The minimum atomic E-state index is 0.283. The molecule has 1 aliphatic heterocycles. The van der Waals surface area contributed by atoms with Crippen LogP contribution in [0.15, 0.2) is 42.7 Å². The maximum atomic E-state index is 5.86. The Morgan fingerprint density at radius 2 is 1.89 bits per heavy atom. The molecule has 2 aliphatic rings. The van der Waals surface area contributed by atoms with Crippen molar-refractivity contribution in [2.45, 2.75) is 65.5 Å². The van der Waals surface area contributed by atoms with E-state index in [2.05, 4.69) is 81.7 Å². The van der Waals surface area contributed by atoms with E-state index in [1.807, 2.05) is 0 Å². The van der Waals surface area contributed by atoms with Gasteiger partial charge in [0.15, 0.2) is 0 Å². The lowest BCUT2D eigenvalue weighted by Crippen LogP contribution is -2.51. The van der Waals surface area contributed by atoms with E-state index in [1.165, 1.54) is 42.3 Å². The molecule has 196 valence electrons.